The van der Waals surface area contributed by atoms with Gasteiger partial charge in [-0.05, 0) is 35.7 Å². The van der Waals surface area contributed by atoms with Gasteiger partial charge in [0.1, 0.15) is 11.5 Å². The first-order chi connectivity index (χ1) is 9.43. The van der Waals surface area contributed by atoms with Crippen LogP contribution in [0.1, 0.15) is 4.88 Å². The molecule has 0 fully saturated rings. The number of benzene rings is 1. The molecule has 0 aliphatic rings. The molecule has 2 heterocycles. The molecule has 0 atom stereocenters. The van der Waals surface area contributed by atoms with E-state index in [4.69, 9.17) is 9.15 Å². The van der Waals surface area contributed by atoms with E-state index in [1.165, 1.54) is 4.88 Å². The summed E-state index contributed by atoms with van der Waals surface area (Å²) in [7, 11) is 0. The van der Waals surface area contributed by atoms with E-state index in [-0.39, 0.29) is 0 Å². The van der Waals surface area contributed by atoms with Crippen molar-refractivity contribution in [3.63, 3.8) is 0 Å². The molecular weight excluding hydrogens is 256 g/mol. The smallest absolute Gasteiger partial charge is 0.137 e. The predicted molar refractivity (Wildman–Crippen MR) is 77.7 cm³/mol. The molecule has 3 rings (SSSR count). The Hall–Kier alpha value is -2.00. The molecule has 3 aromatic rings. The molecule has 2 nitrogen and oxygen atoms in total. The number of para-hydroxylation sites is 1. The number of furan rings is 1. The maximum Gasteiger partial charge on any atom is 0.137 e. The lowest BCUT2D eigenvalue weighted by atomic mass is 10.1. The molecule has 3 heteroatoms. The number of hydrogen-bond acceptors (Lipinski definition) is 3. The van der Waals surface area contributed by atoms with Crippen LogP contribution in [0.5, 0.6) is 5.75 Å². The van der Waals surface area contributed by atoms with Crippen molar-refractivity contribution in [2.24, 2.45) is 0 Å². The minimum atomic E-state index is 0.679. The van der Waals surface area contributed by atoms with Crippen molar-refractivity contribution in [2.75, 3.05) is 6.61 Å². The summed E-state index contributed by atoms with van der Waals surface area (Å²) >= 11 is 1.76. The fourth-order valence-electron chi connectivity index (χ4n) is 1.94. The summed E-state index contributed by atoms with van der Waals surface area (Å²) in [6, 6.07) is 16.0. The van der Waals surface area contributed by atoms with Crippen LogP contribution in [0.25, 0.3) is 11.3 Å². The molecule has 0 saturated heterocycles. The first-order valence-corrected chi connectivity index (χ1v) is 7.09. The van der Waals surface area contributed by atoms with Gasteiger partial charge in [0.05, 0.1) is 18.4 Å². The number of thiophene rings is 1. The quantitative estimate of drug-likeness (QED) is 0.674. The van der Waals surface area contributed by atoms with Gasteiger partial charge in [-0.1, -0.05) is 18.2 Å². The van der Waals surface area contributed by atoms with Crippen LogP contribution in [0.3, 0.4) is 0 Å². The lowest BCUT2D eigenvalue weighted by Crippen LogP contribution is -2.01. The predicted octanol–water partition coefficient (Wildman–Crippen LogP) is 4.63. The van der Waals surface area contributed by atoms with Crippen LogP contribution in [0.2, 0.25) is 0 Å². The molecule has 19 heavy (non-hydrogen) atoms. The van der Waals surface area contributed by atoms with Crippen molar-refractivity contribution in [1.29, 1.82) is 0 Å². The third-order valence-corrected chi connectivity index (χ3v) is 3.80. The molecule has 0 spiro atoms. The molecule has 1 aromatic carbocycles. The van der Waals surface area contributed by atoms with E-state index in [1.807, 2.05) is 36.4 Å². The Morgan fingerprint density at radius 1 is 1.00 bits per heavy atom. The average Bonchev–Trinajstić information content (AvgIpc) is 3.12. The van der Waals surface area contributed by atoms with Gasteiger partial charge in [0.2, 0.25) is 0 Å². The van der Waals surface area contributed by atoms with Crippen LogP contribution in [0, 0.1) is 0 Å². The standard InChI is InChI=1S/C16H14O2S/c1-2-7-15(14(6-1)16-8-3-10-17-16)18-11-9-13-5-4-12-19-13/h1-8,10,12H,9,11H2. The summed E-state index contributed by atoms with van der Waals surface area (Å²) in [5, 5.41) is 2.09. The van der Waals surface area contributed by atoms with Crippen LogP contribution < -0.4 is 4.74 Å². The minimum Gasteiger partial charge on any atom is -0.492 e. The molecule has 0 bridgehead atoms. The minimum absolute atomic E-state index is 0.679. The first kappa shape index (κ1) is 12.1. The molecule has 0 saturated carbocycles. The van der Waals surface area contributed by atoms with Gasteiger partial charge in [-0.2, -0.15) is 0 Å². The van der Waals surface area contributed by atoms with Gasteiger partial charge in [0.25, 0.3) is 0 Å². The zero-order chi connectivity index (χ0) is 12.9. The third-order valence-electron chi connectivity index (χ3n) is 2.86. The molecule has 96 valence electrons. The van der Waals surface area contributed by atoms with Crippen LogP contribution >= 0.6 is 11.3 Å². The van der Waals surface area contributed by atoms with Crippen molar-refractivity contribution >= 4 is 11.3 Å². The summed E-state index contributed by atoms with van der Waals surface area (Å²) in [6.45, 7) is 0.679. The van der Waals surface area contributed by atoms with E-state index < -0.39 is 0 Å². The zero-order valence-corrected chi connectivity index (χ0v) is 11.2. The van der Waals surface area contributed by atoms with Gasteiger partial charge in [0, 0.05) is 11.3 Å². The van der Waals surface area contributed by atoms with Gasteiger partial charge in [-0.15, -0.1) is 11.3 Å². The molecule has 2 aromatic heterocycles. The highest BCUT2D eigenvalue weighted by Crippen LogP contribution is 2.30. The fraction of sp³-hybridized carbons (Fsp3) is 0.125. The normalized spacial score (nSPS) is 10.5. The Morgan fingerprint density at radius 2 is 1.95 bits per heavy atom. The van der Waals surface area contributed by atoms with Crippen molar-refractivity contribution < 1.29 is 9.15 Å². The monoisotopic (exact) mass is 270 g/mol. The molecule has 0 N–H and O–H groups in total. The van der Waals surface area contributed by atoms with Gasteiger partial charge in [-0.25, -0.2) is 0 Å². The van der Waals surface area contributed by atoms with E-state index in [2.05, 4.69) is 17.5 Å². The van der Waals surface area contributed by atoms with E-state index in [0.29, 0.717) is 6.61 Å². The second-order valence-electron chi connectivity index (χ2n) is 4.15. The highest BCUT2D eigenvalue weighted by atomic mass is 32.1. The van der Waals surface area contributed by atoms with Crippen LogP contribution in [0.4, 0.5) is 0 Å². The summed E-state index contributed by atoms with van der Waals surface area (Å²) in [6.07, 6.45) is 2.61. The van der Waals surface area contributed by atoms with Gasteiger partial charge >= 0.3 is 0 Å². The van der Waals surface area contributed by atoms with E-state index in [9.17, 15) is 0 Å². The molecule has 0 unspecified atom stereocenters. The van der Waals surface area contributed by atoms with Crippen molar-refractivity contribution in [3.8, 4) is 17.1 Å². The molecule has 0 aliphatic heterocycles. The van der Waals surface area contributed by atoms with E-state index >= 15 is 0 Å². The second-order valence-corrected chi connectivity index (χ2v) is 5.18. The van der Waals surface area contributed by atoms with Crippen molar-refractivity contribution in [3.05, 3.63) is 65.1 Å². The van der Waals surface area contributed by atoms with E-state index in [1.54, 1.807) is 17.6 Å². The summed E-state index contributed by atoms with van der Waals surface area (Å²) in [5.41, 5.74) is 0.999. The largest absolute Gasteiger partial charge is 0.492 e. The highest BCUT2D eigenvalue weighted by molar-refractivity contribution is 7.09. The first-order valence-electron chi connectivity index (χ1n) is 6.21. The van der Waals surface area contributed by atoms with Gasteiger partial charge in [0.15, 0.2) is 0 Å². The Bertz CT molecular complexity index is 612. The lowest BCUT2D eigenvalue weighted by molar-refractivity contribution is 0.323. The van der Waals surface area contributed by atoms with Gasteiger partial charge < -0.3 is 9.15 Å². The lowest BCUT2D eigenvalue weighted by Gasteiger charge is -2.09. The number of hydrogen-bond donors (Lipinski definition) is 0. The van der Waals surface area contributed by atoms with Crippen LogP contribution in [0.15, 0.2) is 64.6 Å². The Balaban J connectivity index is 1.71. The highest BCUT2D eigenvalue weighted by Gasteiger charge is 2.07. The molecular formula is C16H14O2S. The zero-order valence-electron chi connectivity index (χ0n) is 10.4. The topological polar surface area (TPSA) is 22.4 Å². The van der Waals surface area contributed by atoms with Crippen LogP contribution in [-0.4, -0.2) is 6.61 Å². The maximum atomic E-state index is 5.88. The van der Waals surface area contributed by atoms with Crippen LogP contribution in [-0.2, 0) is 6.42 Å². The molecule has 0 radical (unpaired) electrons. The second kappa shape index (κ2) is 5.76. The number of rotatable bonds is 5. The maximum absolute atomic E-state index is 5.88. The summed E-state index contributed by atoms with van der Waals surface area (Å²) in [4.78, 5) is 1.34. The summed E-state index contributed by atoms with van der Waals surface area (Å²) < 4.78 is 11.3. The fourth-order valence-corrected chi connectivity index (χ4v) is 2.63. The number of ether oxygens (including phenoxy) is 1. The molecule has 0 amide bonds. The van der Waals surface area contributed by atoms with E-state index in [0.717, 1.165) is 23.5 Å². The van der Waals surface area contributed by atoms with Crippen molar-refractivity contribution in [1.82, 2.24) is 0 Å². The van der Waals surface area contributed by atoms with Crippen molar-refractivity contribution in [2.45, 2.75) is 6.42 Å². The Morgan fingerprint density at radius 3 is 2.74 bits per heavy atom. The third kappa shape index (κ3) is 2.88. The van der Waals surface area contributed by atoms with Gasteiger partial charge in [-0.3, -0.25) is 0 Å². The Kier molecular flexibility index (Phi) is 3.65. The summed E-state index contributed by atoms with van der Waals surface area (Å²) in [5.74, 6) is 1.71. The molecule has 0 aliphatic carbocycles. The Labute approximate surface area is 116 Å². The SMILES string of the molecule is c1coc(-c2ccccc2OCCc2cccs2)c1. The average molecular weight is 270 g/mol.